The first-order valence-corrected chi connectivity index (χ1v) is 4.94. The summed E-state index contributed by atoms with van der Waals surface area (Å²) in [5.74, 6) is 0. The van der Waals surface area contributed by atoms with Crippen LogP contribution in [0.5, 0.6) is 0 Å². The molecule has 4 nitrogen and oxygen atoms in total. The molecule has 1 aromatic carbocycles. The normalized spacial score (nSPS) is 24.7. The van der Waals surface area contributed by atoms with E-state index in [4.69, 9.17) is 9.84 Å². The van der Waals surface area contributed by atoms with Gasteiger partial charge in [-0.3, -0.25) is 0 Å². The molecule has 0 spiro atoms. The summed E-state index contributed by atoms with van der Waals surface area (Å²) in [7, 11) is 0. The molecule has 80 valence electrons. The molecule has 0 radical (unpaired) electrons. The van der Waals surface area contributed by atoms with Crippen molar-refractivity contribution in [2.45, 2.75) is 18.6 Å². The average Bonchev–Trinajstić information content (AvgIpc) is 2.62. The number of hydrogen-bond acceptors (Lipinski definition) is 3. The fourth-order valence-electron chi connectivity index (χ4n) is 1.76. The predicted octanol–water partition coefficient (Wildman–Crippen LogP) is 1.22. The van der Waals surface area contributed by atoms with Gasteiger partial charge in [-0.1, -0.05) is 30.3 Å². The first-order chi connectivity index (χ1) is 7.31. The molecule has 2 N–H and O–H groups in total. The summed E-state index contributed by atoms with van der Waals surface area (Å²) in [6, 6.07) is 9.40. The zero-order valence-corrected chi connectivity index (χ0v) is 8.22. The molecule has 0 aromatic heterocycles. The van der Waals surface area contributed by atoms with Crippen LogP contribution in [-0.4, -0.2) is 23.8 Å². The second kappa shape index (κ2) is 4.31. The lowest BCUT2D eigenvalue weighted by Gasteiger charge is -2.15. The first kappa shape index (κ1) is 9.98. The van der Waals surface area contributed by atoms with E-state index >= 15 is 0 Å². The molecule has 1 unspecified atom stereocenters. The Morgan fingerprint density at radius 3 is 2.73 bits per heavy atom. The molecule has 0 bridgehead atoms. The van der Waals surface area contributed by atoms with Crippen molar-refractivity contribution < 1.29 is 14.6 Å². The van der Waals surface area contributed by atoms with Crippen LogP contribution in [0.1, 0.15) is 18.1 Å². The van der Waals surface area contributed by atoms with E-state index < -0.39 is 6.09 Å². The Kier molecular flexibility index (Phi) is 2.87. The quantitative estimate of drug-likeness (QED) is 0.783. The van der Waals surface area contributed by atoms with Crippen LogP contribution in [0.2, 0.25) is 0 Å². The molecule has 4 heteroatoms. The minimum absolute atomic E-state index is 0.0393. The van der Waals surface area contributed by atoms with Crippen molar-refractivity contribution in [1.29, 1.82) is 0 Å². The standard InChI is InChI=1S/C11H13NO3/c13-7-6-9-10(15-11(14)12-9)8-4-2-1-3-5-8/h1-5,9-10,13H,6-7H2,(H,12,14)/t9-,10?/m0/s1. The van der Waals surface area contributed by atoms with Gasteiger partial charge in [0.15, 0.2) is 0 Å². The molecule has 15 heavy (non-hydrogen) atoms. The van der Waals surface area contributed by atoms with E-state index in [0.717, 1.165) is 5.56 Å². The van der Waals surface area contributed by atoms with Gasteiger partial charge >= 0.3 is 6.09 Å². The smallest absolute Gasteiger partial charge is 0.408 e. The molecule has 2 atom stereocenters. The van der Waals surface area contributed by atoms with Crippen LogP contribution in [0.15, 0.2) is 30.3 Å². The third-order valence-corrected chi connectivity index (χ3v) is 2.47. The molecular formula is C11H13NO3. The largest absolute Gasteiger partial charge is 0.439 e. The molecule has 0 saturated carbocycles. The Labute approximate surface area is 87.9 Å². The summed E-state index contributed by atoms with van der Waals surface area (Å²) in [6.45, 7) is 0.0393. The number of carbonyl (C=O) groups excluding carboxylic acids is 1. The molecule has 1 fully saturated rings. The predicted molar refractivity (Wildman–Crippen MR) is 54.3 cm³/mol. The minimum Gasteiger partial charge on any atom is -0.439 e. The van der Waals surface area contributed by atoms with Gasteiger partial charge in [0.1, 0.15) is 6.10 Å². The summed E-state index contributed by atoms with van der Waals surface area (Å²) in [4.78, 5) is 11.1. The van der Waals surface area contributed by atoms with Crippen LogP contribution in [0.4, 0.5) is 4.79 Å². The Balaban J connectivity index is 2.17. The number of carbonyl (C=O) groups is 1. The van der Waals surface area contributed by atoms with Crippen LogP contribution in [0.25, 0.3) is 0 Å². The van der Waals surface area contributed by atoms with Crippen LogP contribution >= 0.6 is 0 Å². The van der Waals surface area contributed by atoms with Gasteiger partial charge in [-0.2, -0.15) is 0 Å². The second-order valence-corrected chi connectivity index (χ2v) is 3.50. The summed E-state index contributed by atoms with van der Waals surface area (Å²) >= 11 is 0. The number of aliphatic hydroxyl groups excluding tert-OH is 1. The van der Waals surface area contributed by atoms with Gasteiger partial charge in [0.2, 0.25) is 0 Å². The Morgan fingerprint density at radius 2 is 2.07 bits per heavy atom. The third-order valence-electron chi connectivity index (χ3n) is 2.47. The zero-order chi connectivity index (χ0) is 10.7. The Morgan fingerprint density at radius 1 is 1.33 bits per heavy atom. The van der Waals surface area contributed by atoms with Gasteiger partial charge in [-0.05, 0) is 12.0 Å². The van der Waals surface area contributed by atoms with Crippen molar-refractivity contribution in [1.82, 2.24) is 5.32 Å². The molecule has 1 aromatic rings. The highest BCUT2D eigenvalue weighted by Gasteiger charge is 2.34. The molecule has 1 aliphatic heterocycles. The molecule has 1 saturated heterocycles. The fraction of sp³-hybridized carbons (Fsp3) is 0.364. The van der Waals surface area contributed by atoms with Crippen molar-refractivity contribution in [3.63, 3.8) is 0 Å². The van der Waals surface area contributed by atoms with E-state index in [1.807, 2.05) is 30.3 Å². The topological polar surface area (TPSA) is 58.6 Å². The lowest BCUT2D eigenvalue weighted by Crippen LogP contribution is -2.28. The number of rotatable bonds is 3. The van der Waals surface area contributed by atoms with E-state index in [0.29, 0.717) is 6.42 Å². The van der Waals surface area contributed by atoms with Gasteiger partial charge in [0.25, 0.3) is 0 Å². The van der Waals surface area contributed by atoms with Crippen molar-refractivity contribution in [2.24, 2.45) is 0 Å². The molecule has 2 rings (SSSR count). The van der Waals surface area contributed by atoms with E-state index in [1.165, 1.54) is 0 Å². The van der Waals surface area contributed by atoms with Crippen molar-refractivity contribution >= 4 is 6.09 Å². The highest BCUT2D eigenvalue weighted by molar-refractivity contribution is 5.70. The second-order valence-electron chi connectivity index (χ2n) is 3.50. The highest BCUT2D eigenvalue weighted by Crippen LogP contribution is 2.27. The molecule has 1 amide bonds. The first-order valence-electron chi connectivity index (χ1n) is 4.94. The number of cyclic esters (lactones) is 1. The van der Waals surface area contributed by atoms with E-state index in [2.05, 4.69) is 5.32 Å². The summed E-state index contributed by atoms with van der Waals surface area (Å²) in [5.41, 5.74) is 0.953. The number of aliphatic hydroxyl groups is 1. The number of ether oxygens (including phenoxy) is 1. The molecule has 1 aliphatic rings. The Hall–Kier alpha value is -1.55. The maximum Gasteiger partial charge on any atom is 0.408 e. The highest BCUT2D eigenvalue weighted by atomic mass is 16.6. The van der Waals surface area contributed by atoms with Gasteiger partial charge in [0, 0.05) is 6.61 Å². The molecular weight excluding hydrogens is 194 g/mol. The Bertz CT molecular complexity index is 339. The van der Waals surface area contributed by atoms with Gasteiger partial charge in [-0.25, -0.2) is 4.79 Å². The van der Waals surface area contributed by atoms with Crippen molar-refractivity contribution in [3.8, 4) is 0 Å². The maximum absolute atomic E-state index is 11.1. The number of benzene rings is 1. The van der Waals surface area contributed by atoms with E-state index in [-0.39, 0.29) is 18.8 Å². The van der Waals surface area contributed by atoms with Crippen LogP contribution in [-0.2, 0) is 4.74 Å². The van der Waals surface area contributed by atoms with Crippen LogP contribution in [0, 0.1) is 0 Å². The lowest BCUT2D eigenvalue weighted by molar-refractivity contribution is 0.127. The van der Waals surface area contributed by atoms with Crippen molar-refractivity contribution in [2.75, 3.05) is 6.61 Å². The monoisotopic (exact) mass is 207 g/mol. The van der Waals surface area contributed by atoms with Crippen LogP contribution in [0.3, 0.4) is 0 Å². The fourth-order valence-corrected chi connectivity index (χ4v) is 1.76. The average molecular weight is 207 g/mol. The number of amides is 1. The van der Waals surface area contributed by atoms with Crippen LogP contribution < -0.4 is 5.32 Å². The minimum atomic E-state index is -0.415. The molecule has 0 aliphatic carbocycles. The number of nitrogens with one attached hydrogen (secondary N) is 1. The van der Waals surface area contributed by atoms with Gasteiger partial charge in [0.05, 0.1) is 6.04 Å². The SMILES string of the molecule is O=C1N[C@@H](CCO)C(c2ccccc2)O1. The summed E-state index contributed by atoms with van der Waals surface area (Å²) in [6.07, 6.45) is -0.196. The van der Waals surface area contributed by atoms with E-state index in [1.54, 1.807) is 0 Å². The summed E-state index contributed by atoms with van der Waals surface area (Å²) < 4.78 is 5.15. The van der Waals surface area contributed by atoms with Gasteiger partial charge in [-0.15, -0.1) is 0 Å². The third kappa shape index (κ3) is 2.10. The maximum atomic E-state index is 11.1. The number of hydrogen-bond donors (Lipinski definition) is 2. The number of alkyl carbamates (subject to hydrolysis) is 1. The lowest BCUT2D eigenvalue weighted by atomic mass is 10.0. The van der Waals surface area contributed by atoms with Gasteiger partial charge < -0.3 is 15.2 Å². The van der Waals surface area contributed by atoms with E-state index in [9.17, 15) is 4.79 Å². The molecule has 1 heterocycles. The zero-order valence-electron chi connectivity index (χ0n) is 8.22. The summed E-state index contributed by atoms with van der Waals surface area (Å²) in [5, 5.41) is 11.6. The van der Waals surface area contributed by atoms with Crippen molar-refractivity contribution in [3.05, 3.63) is 35.9 Å².